The molecule has 0 atom stereocenters. The van der Waals surface area contributed by atoms with E-state index in [9.17, 15) is 4.79 Å². The summed E-state index contributed by atoms with van der Waals surface area (Å²) in [5.41, 5.74) is 2.68. The van der Waals surface area contributed by atoms with Gasteiger partial charge in [-0.15, -0.1) is 22.7 Å². The van der Waals surface area contributed by atoms with Crippen molar-refractivity contribution in [3.63, 3.8) is 0 Å². The number of ether oxygens (including phenoxy) is 2. The number of aryl methyl sites for hydroxylation is 1. The van der Waals surface area contributed by atoms with Gasteiger partial charge in [-0.3, -0.25) is 10.1 Å². The first-order valence-electron chi connectivity index (χ1n) is 9.11. The van der Waals surface area contributed by atoms with Crippen molar-refractivity contribution < 1.29 is 14.3 Å². The Morgan fingerprint density at radius 1 is 0.967 bits per heavy atom. The summed E-state index contributed by atoms with van der Waals surface area (Å²) < 4.78 is 10.7. The lowest BCUT2D eigenvalue weighted by atomic mass is 10.1. The number of hydrogen-bond donors (Lipinski definition) is 1. The average Bonchev–Trinajstić information content (AvgIpc) is 3.41. The van der Waals surface area contributed by atoms with Crippen molar-refractivity contribution in [2.75, 3.05) is 19.5 Å². The zero-order valence-electron chi connectivity index (χ0n) is 16.6. The van der Waals surface area contributed by atoms with Crippen LogP contribution in [0, 0.1) is 6.92 Å². The number of rotatable bonds is 6. The van der Waals surface area contributed by atoms with Crippen molar-refractivity contribution >= 4 is 33.7 Å². The quantitative estimate of drug-likeness (QED) is 0.430. The Morgan fingerprint density at radius 2 is 1.73 bits per heavy atom. The van der Waals surface area contributed by atoms with Crippen LogP contribution >= 0.6 is 22.7 Å². The molecule has 4 aromatic rings. The molecular formula is C22H19N3O3S2. The first kappa shape index (κ1) is 20.1. The molecule has 2 aromatic heterocycles. The van der Waals surface area contributed by atoms with Crippen molar-refractivity contribution in [3.8, 4) is 33.3 Å². The van der Waals surface area contributed by atoms with Crippen molar-refractivity contribution in [1.29, 1.82) is 0 Å². The molecule has 0 fully saturated rings. The highest BCUT2D eigenvalue weighted by Crippen LogP contribution is 2.36. The minimum Gasteiger partial charge on any atom is -0.493 e. The predicted molar refractivity (Wildman–Crippen MR) is 121 cm³/mol. The lowest BCUT2D eigenvalue weighted by molar-refractivity contribution is 0.103. The van der Waals surface area contributed by atoms with Crippen molar-refractivity contribution in [2.45, 2.75) is 6.92 Å². The van der Waals surface area contributed by atoms with Gasteiger partial charge in [0.1, 0.15) is 9.88 Å². The second-order valence-corrected chi connectivity index (χ2v) is 8.58. The first-order chi connectivity index (χ1) is 14.6. The van der Waals surface area contributed by atoms with Gasteiger partial charge < -0.3 is 9.47 Å². The molecule has 0 aliphatic rings. The molecule has 0 spiro atoms. The lowest BCUT2D eigenvalue weighted by Crippen LogP contribution is -2.09. The van der Waals surface area contributed by atoms with E-state index < -0.39 is 0 Å². The van der Waals surface area contributed by atoms with Crippen LogP contribution in [0.5, 0.6) is 11.5 Å². The number of methoxy groups -OCH3 is 2. The van der Waals surface area contributed by atoms with Gasteiger partial charge in [0.2, 0.25) is 0 Å². The summed E-state index contributed by atoms with van der Waals surface area (Å²) in [5.74, 6) is 1.07. The highest BCUT2D eigenvalue weighted by atomic mass is 32.1. The predicted octanol–water partition coefficient (Wildman–Crippen LogP) is 5.51. The Labute approximate surface area is 182 Å². The number of nitrogens with zero attached hydrogens (tertiary/aromatic N) is 2. The standard InChI is InChI=1S/C22H19N3O3S2/c1-13-19(15-9-10-16(27-2)17(11-15)28-3)24-22(29-13)25-20(26)18-12-23-21(30-18)14-7-5-4-6-8-14/h4-12H,1-3H3,(H,24,25,26). The van der Waals surface area contributed by atoms with E-state index in [0.29, 0.717) is 21.5 Å². The normalized spacial score (nSPS) is 10.6. The molecule has 1 N–H and O–H groups in total. The Hall–Kier alpha value is -3.23. The van der Waals surface area contributed by atoms with E-state index in [0.717, 1.165) is 26.7 Å². The second kappa shape index (κ2) is 8.64. The van der Waals surface area contributed by atoms with Crippen LogP contribution in [0.15, 0.2) is 54.7 Å². The molecule has 0 unspecified atom stereocenters. The van der Waals surface area contributed by atoms with Crippen molar-refractivity contribution in [1.82, 2.24) is 9.97 Å². The molecule has 0 aliphatic carbocycles. The number of amides is 1. The fourth-order valence-corrected chi connectivity index (χ4v) is 4.60. The fourth-order valence-electron chi connectivity index (χ4n) is 2.95. The van der Waals surface area contributed by atoms with E-state index in [-0.39, 0.29) is 5.91 Å². The summed E-state index contributed by atoms with van der Waals surface area (Å²) in [5, 5.41) is 4.23. The van der Waals surface area contributed by atoms with E-state index in [1.807, 2.05) is 55.5 Å². The third-order valence-electron chi connectivity index (χ3n) is 4.42. The fraction of sp³-hybridized carbons (Fsp3) is 0.136. The number of carbonyl (C=O) groups excluding carboxylic acids is 1. The van der Waals surface area contributed by atoms with Crippen LogP contribution in [0.4, 0.5) is 5.13 Å². The summed E-state index contributed by atoms with van der Waals surface area (Å²) in [7, 11) is 3.20. The Kier molecular flexibility index (Phi) is 5.78. The van der Waals surface area contributed by atoms with Crippen LogP contribution in [0.3, 0.4) is 0 Å². The van der Waals surface area contributed by atoms with Gasteiger partial charge in [-0.2, -0.15) is 0 Å². The number of benzene rings is 2. The molecule has 8 heteroatoms. The molecule has 4 rings (SSSR count). The van der Waals surface area contributed by atoms with E-state index >= 15 is 0 Å². The van der Waals surface area contributed by atoms with Gasteiger partial charge >= 0.3 is 0 Å². The monoisotopic (exact) mass is 437 g/mol. The maximum Gasteiger partial charge on any atom is 0.269 e. The summed E-state index contributed by atoms with van der Waals surface area (Å²) >= 11 is 2.78. The van der Waals surface area contributed by atoms with Gasteiger partial charge in [0, 0.05) is 16.0 Å². The Morgan fingerprint density at radius 3 is 2.47 bits per heavy atom. The summed E-state index contributed by atoms with van der Waals surface area (Å²) in [6.45, 7) is 1.97. The topological polar surface area (TPSA) is 73.3 Å². The molecule has 0 saturated carbocycles. The van der Waals surface area contributed by atoms with Crippen LogP contribution < -0.4 is 14.8 Å². The number of aromatic nitrogens is 2. The number of carbonyl (C=O) groups is 1. The van der Waals surface area contributed by atoms with E-state index in [1.165, 1.54) is 22.7 Å². The van der Waals surface area contributed by atoms with Gasteiger partial charge in [-0.25, -0.2) is 9.97 Å². The average molecular weight is 438 g/mol. The molecule has 0 bridgehead atoms. The van der Waals surface area contributed by atoms with Crippen LogP contribution in [0.2, 0.25) is 0 Å². The number of thiazole rings is 2. The Bertz CT molecular complexity index is 1190. The number of anilines is 1. The maximum atomic E-state index is 12.7. The molecule has 0 aliphatic heterocycles. The molecule has 6 nitrogen and oxygen atoms in total. The zero-order chi connectivity index (χ0) is 21.1. The lowest BCUT2D eigenvalue weighted by Gasteiger charge is -2.08. The van der Waals surface area contributed by atoms with E-state index in [1.54, 1.807) is 20.4 Å². The van der Waals surface area contributed by atoms with Gasteiger partial charge in [0.25, 0.3) is 5.91 Å². The highest BCUT2D eigenvalue weighted by molar-refractivity contribution is 7.17. The Balaban J connectivity index is 1.54. The van der Waals surface area contributed by atoms with E-state index in [2.05, 4.69) is 15.3 Å². The van der Waals surface area contributed by atoms with E-state index in [4.69, 9.17) is 9.47 Å². The molecule has 2 heterocycles. The second-order valence-electron chi connectivity index (χ2n) is 6.34. The van der Waals surface area contributed by atoms with Gasteiger partial charge in [-0.05, 0) is 25.1 Å². The molecule has 152 valence electrons. The molecular weight excluding hydrogens is 418 g/mol. The molecule has 1 amide bonds. The minimum absolute atomic E-state index is 0.220. The maximum absolute atomic E-state index is 12.7. The zero-order valence-corrected chi connectivity index (χ0v) is 18.3. The minimum atomic E-state index is -0.220. The molecule has 0 saturated heterocycles. The smallest absolute Gasteiger partial charge is 0.269 e. The van der Waals surface area contributed by atoms with Crippen LogP contribution in [-0.2, 0) is 0 Å². The number of hydrogen-bond acceptors (Lipinski definition) is 7. The van der Waals surface area contributed by atoms with Crippen LogP contribution in [-0.4, -0.2) is 30.1 Å². The molecule has 30 heavy (non-hydrogen) atoms. The third kappa shape index (κ3) is 4.05. The summed E-state index contributed by atoms with van der Waals surface area (Å²) in [4.78, 5) is 23.2. The van der Waals surface area contributed by atoms with Crippen molar-refractivity contribution in [3.05, 3.63) is 64.5 Å². The largest absolute Gasteiger partial charge is 0.493 e. The summed E-state index contributed by atoms with van der Waals surface area (Å²) in [6, 6.07) is 15.4. The van der Waals surface area contributed by atoms with Crippen molar-refractivity contribution in [2.24, 2.45) is 0 Å². The highest BCUT2D eigenvalue weighted by Gasteiger charge is 2.17. The first-order valence-corrected chi connectivity index (χ1v) is 10.7. The van der Waals surface area contributed by atoms with Gasteiger partial charge in [0.15, 0.2) is 16.6 Å². The van der Waals surface area contributed by atoms with Gasteiger partial charge in [0.05, 0.1) is 26.1 Å². The molecule has 0 radical (unpaired) electrons. The number of nitrogens with one attached hydrogen (secondary N) is 1. The van der Waals surface area contributed by atoms with Gasteiger partial charge in [-0.1, -0.05) is 30.3 Å². The van der Waals surface area contributed by atoms with Crippen LogP contribution in [0.1, 0.15) is 14.5 Å². The summed E-state index contributed by atoms with van der Waals surface area (Å²) in [6.07, 6.45) is 1.60. The van der Waals surface area contributed by atoms with Crippen LogP contribution in [0.25, 0.3) is 21.8 Å². The third-order valence-corrected chi connectivity index (χ3v) is 6.36. The molecule has 2 aromatic carbocycles. The SMILES string of the molecule is COc1ccc(-c2nc(NC(=O)c3cnc(-c4ccccc4)s3)sc2C)cc1OC.